The molecule has 27 nitrogen and oxygen atoms in total. The van der Waals surface area contributed by atoms with Gasteiger partial charge >= 0.3 is 13.2 Å². The number of sulfonamides is 1. The number of carbonyl (C=O) groups excluding carboxylic acids is 3. The number of anilines is 2. The number of hydrogen-bond donors (Lipinski definition) is 7. The molecule has 4 aliphatic heterocycles. The van der Waals surface area contributed by atoms with E-state index in [0.717, 1.165) is 153 Å². The number of ether oxygens (including phenoxy) is 3. The number of amides is 3. The van der Waals surface area contributed by atoms with Gasteiger partial charge in [-0.2, -0.15) is 14.5 Å². The van der Waals surface area contributed by atoms with Crippen molar-refractivity contribution in [3.05, 3.63) is 218 Å². The zero-order chi connectivity index (χ0) is 87.7. The molecule has 0 bridgehead atoms. The van der Waals surface area contributed by atoms with Crippen LogP contribution in [-0.2, 0) is 99.1 Å². The molecule has 10 aromatic rings. The van der Waals surface area contributed by atoms with E-state index in [1.54, 1.807) is 61.3 Å². The lowest BCUT2D eigenvalue weighted by Gasteiger charge is -2.40. The second-order valence-electron chi connectivity index (χ2n) is 33.2. The molecular formula is C92H119BBrN15O12S2. The molecule has 1 unspecified atom stereocenters. The van der Waals surface area contributed by atoms with Crippen LogP contribution in [0.4, 0.5) is 16.2 Å². The minimum Gasteiger partial charge on any atom is -0.444 e. The van der Waals surface area contributed by atoms with Gasteiger partial charge in [0, 0.05) is 181 Å². The van der Waals surface area contributed by atoms with Gasteiger partial charge in [0.2, 0.25) is 10.0 Å². The van der Waals surface area contributed by atoms with Crippen LogP contribution < -0.4 is 32.0 Å². The van der Waals surface area contributed by atoms with Gasteiger partial charge in [-0.3, -0.25) is 19.4 Å². The van der Waals surface area contributed by atoms with Crippen LogP contribution >= 0.6 is 15.9 Å². The number of nitrogens with zero attached hydrogens (tertiary/aromatic N) is 10. The number of fused-ring (bicyclic) bond motifs is 2. The van der Waals surface area contributed by atoms with Crippen molar-refractivity contribution in [3.63, 3.8) is 0 Å². The number of sulfone groups is 1. The first-order chi connectivity index (χ1) is 59.0. The summed E-state index contributed by atoms with van der Waals surface area (Å²) in [4.78, 5) is 56.0. The fourth-order valence-electron chi connectivity index (χ4n) is 16.2. The maximum Gasteiger partial charge on any atom is 0.488 e. The van der Waals surface area contributed by atoms with Gasteiger partial charge < -0.3 is 55.7 Å². The summed E-state index contributed by atoms with van der Waals surface area (Å²) in [7, 11) is -7.46. The number of benzene rings is 6. The Kier molecular flexibility index (Phi) is 32.0. The third-order valence-corrected chi connectivity index (χ3v) is 27.3. The first-order valence-corrected chi connectivity index (χ1v) is 46.7. The normalized spacial score (nSPS) is 16.8. The summed E-state index contributed by atoms with van der Waals surface area (Å²) in [5.74, 6) is -0.713. The van der Waals surface area contributed by atoms with Crippen molar-refractivity contribution in [1.29, 1.82) is 0 Å². The Balaban J connectivity index is 0.000000182. The summed E-state index contributed by atoms with van der Waals surface area (Å²) in [6, 6.07) is 45.1. The molecule has 8 heterocycles. The Labute approximate surface area is 732 Å². The van der Waals surface area contributed by atoms with Crippen LogP contribution in [0, 0.1) is 0 Å². The van der Waals surface area contributed by atoms with E-state index in [2.05, 4.69) is 113 Å². The van der Waals surface area contributed by atoms with Crippen LogP contribution in [0.15, 0.2) is 172 Å². The highest BCUT2D eigenvalue weighted by atomic mass is 79.9. The minimum absolute atomic E-state index is 0.0601. The smallest absolute Gasteiger partial charge is 0.444 e. The van der Waals surface area contributed by atoms with Gasteiger partial charge in [0.25, 0.3) is 11.8 Å². The van der Waals surface area contributed by atoms with Crippen molar-refractivity contribution in [3.8, 4) is 11.1 Å². The zero-order valence-corrected chi connectivity index (χ0v) is 75.8. The second-order valence-corrected chi connectivity index (χ2v) is 38.6. The lowest BCUT2D eigenvalue weighted by molar-refractivity contribution is 0.000519. The van der Waals surface area contributed by atoms with E-state index in [-0.39, 0.29) is 71.0 Å². The Morgan fingerprint density at radius 1 is 0.626 bits per heavy atom. The number of pyridine rings is 2. The number of carbonyl (C=O) groups is 3. The van der Waals surface area contributed by atoms with Crippen molar-refractivity contribution < 1.29 is 55.5 Å². The molecule has 4 fully saturated rings. The molecule has 3 amide bonds. The Morgan fingerprint density at radius 2 is 1.12 bits per heavy atom. The minimum atomic E-state index is -3.92. The second kappa shape index (κ2) is 42.5. The Hall–Kier alpha value is -9.51. The summed E-state index contributed by atoms with van der Waals surface area (Å²) in [5, 5.41) is 45.9. The third-order valence-electron chi connectivity index (χ3n) is 22.8. The van der Waals surface area contributed by atoms with Crippen LogP contribution in [0.25, 0.3) is 33.2 Å². The molecule has 7 N–H and O–H groups in total. The van der Waals surface area contributed by atoms with E-state index in [1.807, 2.05) is 119 Å². The quantitative estimate of drug-likeness (QED) is 0.0224. The maximum absolute atomic E-state index is 13.9. The third kappa shape index (κ3) is 24.1. The summed E-state index contributed by atoms with van der Waals surface area (Å²) in [5.41, 5.74) is 13.8. The maximum atomic E-state index is 13.9. The standard InChI is InChI=1S/C43H54N8O4S.C32H38BrN5O4S.C17H27BN2O4/c1-5-40-38(41(47-36-16-20-55-21-17-36)39-26-46-51(6-2)42(39)48-40)25-45-43(52)35-14-9-15-37(24-35)56(53,54)49(4)28-31-10-7-12-33(22-31)34-13-8-11-32(23-34)29-50-19-18-44-30(3)27-50;1-4-29-27(30(36-25-12-14-42-15-13-25)28-20-35-38(5-2)31(28)37-29)19-34-32(39)23-9-7-11-26(18-23)43(40,41)21(3)16-22-8-6-10-24(33)17-22;1-13-11-19(8-9-20(13)16(21)24-17(2,3)4)12-14-6-5-7-15(10-14)18(22)23/h7-15,22-24,26,30,36,44H,5-6,16-21,25,27-29H2,1-4H3,(H,45,52)(H,47,48);6-11,17-18,20-21,25H,4-5,12-16,19H2,1-3H3,(H,34,39)(H,36,37);5-7,10,13,22-23H,8-9,11-12H2,1-4H3/t30-;;13-/m0.0/s1. The highest BCUT2D eigenvalue weighted by molar-refractivity contribution is 9.10. The lowest BCUT2D eigenvalue weighted by atomic mass is 9.79. The highest BCUT2D eigenvalue weighted by Crippen LogP contribution is 2.35. The number of nitrogens with one attached hydrogen (secondary N) is 5. The molecule has 0 aliphatic carbocycles. The number of halogens is 1. The van der Waals surface area contributed by atoms with Gasteiger partial charge in [-0.15, -0.1) is 0 Å². The largest absolute Gasteiger partial charge is 0.488 e. The van der Waals surface area contributed by atoms with E-state index in [1.165, 1.54) is 28.1 Å². The molecule has 3 atom stereocenters. The summed E-state index contributed by atoms with van der Waals surface area (Å²) < 4.78 is 77.4. The summed E-state index contributed by atoms with van der Waals surface area (Å²) >= 11 is 3.45. The summed E-state index contributed by atoms with van der Waals surface area (Å²) in [6.07, 6.45) is 8.67. The molecule has 14 rings (SSSR count). The van der Waals surface area contributed by atoms with Gasteiger partial charge in [-0.1, -0.05) is 115 Å². The first-order valence-electron chi connectivity index (χ1n) is 42.9. The Bertz CT molecular complexity index is 5540. The highest BCUT2D eigenvalue weighted by Gasteiger charge is 2.33. The molecule has 6 aromatic carbocycles. The van der Waals surface area contributed by atoms with Crippen molar-refractivity contribution in [2.24, 2.45) is 0 Å². The number of rotatable bonds is 28. The van der Waals surface area contributed by atoms with Gasteiger partial charge in [-0.25, -0.2) is 41.0 Å². The fraction of sp³-hybridized carbons (Fsp3) is 0.446. The molecule has 31 heteroatoms. The number of hydrogen-bond acceptors (Lipinski definition) is 21. The lowest BCUT2D eigenvalue weighted by Crippen LogP contribution is -2.54. The molecule has 4 saturated heterocycles. The van der Waals surface area contributed by atoms with E-state index in [9.17, 15) is 41.3 Å². The van der Waals surface area contributed by atoms with Crippen LogP contribution in [0.5, 0.6) is 0 Å². The van der Waals surface area contributed by atoms with Crippen molar-refractivity contribution in [1.82, 2.24) is 64.5 Å². The summed E-state index contributed by atoms with van der Waals surface area (Å²) in [6.45, 7) is 31.3. The molecule has 123 heavy (non-hydrogen) atoms. The SMILES string of the molecule is CCc1nc2c(cnn2CC)c(NC2CCOCC2)c1CNC(=O)c1cccc(S(=O)(=O)C(C)Cc2cccc(Br)c2)c1.CCc1nc2c(cnn2CC)c(NC2CCOCC2)c1CNC(=O)c1cccc(S(=O)(=O)N(C)Cc2cccc(-c3cccc(CN4CCN[C@@H](C)C4)c3)c2)c1.C[C@H]1CN(Cc2cccc(B(O)O)c2)CCN1C(=O)OC(C)(C)C. The van der Waals surface area contributed by atoms with Gasteiger partial charge in [0.1, 0.15) is 5.60 Å². The molecular weight excluding hydrogens is 1660 g/mol. The molecule has 4 aromatic heterocycles. The predicted molar refractivity (Wildman–Crippen MR) is 487 cm³/mol. The number of piperazine rings is 2. The fourth-order valence-corrected chi connectivity index (χ4v) is 19.3. The van der Waals surface area contributed by atoms with Crippen LogP contribution in [0.3, 0.4) is 0 Å². The van der Waals surface area contributed by atoms with Crippen LogP contribution in [0.2, 0.25) is 0 Å². The van der Waals surface area contributed by atoms with Crippen molar-refractivity contribution in [2.45, 2.75) is 205 Å². The number of aromatic nitrogens is 6. The first kappa shape index (κ1) is 92.7. The predicted octanol–water partition coefficient (Wildman–Crippen LogP) is 12.3. The number of aryl methyl sites for hydroxylation is 4. The van der Waals surface area contributed by atoms with Crippen LogP contribution in [-0.4, -0.2) is 208 Å². The van der Waals surface area contributed by atoms with Gasteiger partial charge in [0.05, 0.1) is 49.6 Å². The average Bonchev–Trinajstić information content (AvgIpc) is 1.67. The molecule has 0 saturated carbocycles. The average molecular weight is 1780 g/mol. The monoisotopic (exact) mass is 1780 g/mol. The molecule has 656 valence electrons. The van der Waals surface area contributed by atoms with E-state index in [4.69, 9.17) is 24.2 Å². The van der Waals surface area contributed by atoms with E-state index >= 15 is 0 Å². The zero-order valence-electron chi connectivity index (χ0n) is 72.6. The van der Waals surface area contributed by atoms with Crippen molar-refractivity contribution >= 4 is 99.7 Å². The van der Waals surface area contributed by atoms with E-state index < -0.39 is 37.8 Å². The van der Waals surface area contributed by atoms with Gasteiger partial charge in [0.15, 0.2) is 21.1 Å². The van der Waals surface area contributed by atoms with Crippen molar-refractivity contribution in [2.75, 3.05) is 83.4 Å². The molecule has 4 aliphatic rings. The van der Waals surface area contributed by atoms with E-state index in [0.29, 0.717) is 88.9 Å². The van der Waals surface area contributed by atoms with Gasteiger partial charge in [-0.05, 0) is 200 Å². The topological polar surface area (TPSA) is 322 Å². The molecule has 0 radical (unpaired) electrons. The molecule has 0 spiro atoms. The van der Waals surface area contributed by atoms with Crippen LogP contribution in [0.1, 0.15) is 160 Å². The Morgan fingerprint density at radius 3 is 1.64 bits per heavy atom.